The number of para-hydroxylation sites is 2. The molecule has 1 amide bonds. The third-order valence-electron chi connectivity index (χ3n) is 4.02. The van der Waals surface area contributed by atoms with Crippen LogP contribution in [0, 0.1) is 0 Å². The summed E-state index contributed by atoms with van der Waals surface area (Å²) >= 11 is 6.06. The molecule has 1 aliphatic rings. The van der Waals surface area contributed by atoms with Gasteiger partial charge in [-0.3, -0.25) is 9.59 Å². The maximum atomic E-state index is 12.3. The lowest BCUT2D eigenvalue weighted by Gasteiger charge is -2.19. The summed E-state index contributed by atoms with van der Waals surface area (Å²) in [6.07, 6.45) is 0. The molecule has 0 aliphatic carbocycles. The van der Waals surface area contributed by atoms with Gasteiger partial charge in [-0.1, -0.05) is 41.9 Å². The fraction of sp³-hybridized carbons (Fsp3) is 0.222. The number of rotatable bonds is 4. The van der Waals surface area contributed by atoms with Crippen LogP contribution in [-0.4, -0.2) is 32.1 Å². The summed E-state index contributed by atoms with van der Waals surface area (Å²) < 4.78 is 4.87. The number of amides is 1. The van der Waals surface area contributed by atoms with Gasteiger partial charge >= 0.3 is 5.97 Å². The van der Waals surface area contributed by atoms with Crippen LogP contribution in [0.4, 0.5) is 11.4 Å². The van der Waals surface area contributed by atoms with E-state index in [1.54, 1.807) is 24.3 Å². The van der Waals surface area contributed by atoms with E-state index in [1.165, 1.54) is 7.11 Å². The van der Waals surface area contributed by atoms with E-state index in [0.29, 0.717) is 17.3 Å². The Labute approximate surface area is 145 Å². The molecular formula is C18H17ClN2O3. The predicted molar refractivity (Wildman–Crippen MR) is 93.5 cm³/mol. The van der Waals surface area contributed by atoms with E-state index in [0.717, 1.165) is 11.3 Å². The first-order chi connectivity index (χ1) is 11.6. The highest BCUT2D eigenvalue weighted by Gasteiger charge is 2.34. The number of halogens is 1. The first-order valence-corrected chi connectivity index (χ1v) is 7.94. The molecule has 1 heterocycles. The van der Waals surface area contributed by atoms with Crippen molar-refractivity contribution in [2.45, 2.75) is 5.92 Å². The first kappa shape index (κ1) is 16.3. The zero-order valence-corrected chi connectivity index (χ0v) is 13.9. The highest BCUT2D eigenvalue weighted by Crippen LogP contribution is 2.36. The fourth-order valence-corrected chi connectivity index (χ4v) is 3.09. The molecule has 0 unspecified atom stereocenters. The van der Waals surface area contributed by atoms with Crippen molar-refractivity contribution in [2.75, 3.05) is 30.4 Å². The molecule has 2 aromatic carbocycles. The van der Waals surface area contributed by atoms with Crippen LogP contribution in [0.25, 0.3) is 0 Å². The van der Waals surface area contributed by atoms with Crippen molar-refractivity contribution < 1.29 is 14.3 Å². The number of nitrogens with one attached hydrogen (secondary N) is 1. The standard InChI is InChI=1S/C18H17ClN2O3/c1-24-18(23)13-10-21(16-9-5-2-6-12(13)16)11-17(22)20-15-8-4-3-7-14(15)19/h2-9,13H,10-11H2,1H3,(H,20,22)/t13-/m0/s1. The maximum absolute atomic E-state index is 12.3. The Hall–Kier alpha value is -2.53. The third-order valence-corrected chi connectivity index (χ3v) is 4.35. The number of hydrogen-bond acceptors (Lipinski definition) is 4. The van der Waals surface area contributed by atoms with Gasteiger partial charge in [-0.2, -0.15) is 0 Å². The highest BCUT2D eigenvalue weighted by atomic mass is 35.5. The van der Waals surface area contributed by atoms with E-state index in [9.17, 15) is 9.59 Å². The normalized spacial score (nSPS) is 15.8. The van der Waals surface area contributed by atoms with Crippen LogP contribution in [0.5, 0.6) is 0 Å². The Balaban J connectivity index is 1.75. The van der Waals surface area contributed by atoms with Gasteiger partial charge in [0.25, 0.3) is 0 Å². The van der Waals surface area contributed by atoms with Crippen LogP contribution < -0.4 is 10.2 Å². The Kier molecular flexibility index (Phi) is 4.71. The predicted octanol–water partition coefficient (Wildman–Crippen LogP) is 3.06. The van der Waals surface area contributed by atoms with Crippen LogP contribution in [0.15, 0.2) is 48.5 Å². The van der Waals surface area contributed by atoms with E-state index in [4.69, 9.17) is 16.3 Å². The van der Waals surface area contributed by atoms with E-state index in [2.05, 4.69) is 5.32 Å². The topological polar surface area (TPSA) is 58.6 Å². The number of carbonyl (C=O) groups excluding carboxylic acids is 2. The Morgan fingerprint density at radius 1 is 1.21 bits per heavy atom. The minimum Gasteiger partial charge on any atom is -0.468 e. The minimum atomic E-state index is -0.376. The zero-order valence-electron chi connectivity index (χ0n) is 13.2. The number of anilines is 2. The lowest BCUT2D eigenvalue weighted by molar-refractivity contribution is -0.142. The second kappa shape index (κ2) is 6.93. The number of carbonyl (C=O) groups is 2. The molecule has 0 spiro atoms. The van der Waals surface area contributed by atoms with E-state index in [1.807, 2.05) is 29.2 Å². The molecule has 0 fully saturated rings. The average molecular weight is 345 g/mol. The van der Waals surface area contributed by atoms with E-state index < -0.39 is 0 Å². The van der Waals surface area contributed by atoms with Crippen molar-refractivity contribution in [3.8, 4) is 0 Å². The monoisotopic (exact) mass is 344 g/mol. The van der Waals surface area contributed by atoms with Crippen molar-refractivity contribution in [1.82, 2.24) is 0 Å². The van der Waals surface area contributed by atoms with Gasteiger partial charge < -0.3 is 15.0 Å². The SMILES string of the molecule is COC(=O)[C@H]1CN(CC(=O)Nc2ccccc2Cl)c2ccccc21. The zero-order chi connectivity index (χ0) is 17.1. The molecule has 1 N–H and O–H groups in total. The van der Waals surface area contributed by atoms with Crippen molar-refractivity contribution in [2.24, 2.45) is 0 Å². The van der Waals surface area contributed by atoms with E-state index in [-0.39, 0.29) is 24.3 Å². The molecule has 1 aliphatic heterocycles. The van der Waals surface area contributed by atoms with Gasteiger partial charge in [0.15, 0.2) is 0 Å². The van der Waals surface area contributed by atoms with Gasteiger partial charge in [0.2, 0.25) is 5.91 Å². The highest BCUT2D eigenvalue weighted by molar-refractivity contribution is 6.33. The summed E-state index contributed by atoms with van der Waals surface area (Å²) in [6, 6.07) is 14.6. The molecule has 6 heteroatoms. The lowest BCUT2D eigenvalue weighted by Crippen LogP contribution is -2.33. The molecule has 2 aromatic rings. The van der Waals surface area contributed by atoms with Gasteiger partial charge in [-0.15, -0.1) is 0 Å². The molecular weight excluding hydrogens is 328 g/mol. The van der Waals surface area contributed by atoms with Gasteiger partial charge in [0.1, 0.15) is 5.92 Å². The molecule has 0 saturated heterocycles. The van der Waals surface area contributed by atoms with Crippen LogP contribution in [-0.2, 0) is 14.3 Å². The largest absolute Gasteiger partial charge is 0.468 e. The average Bonchev–Trinajstić information content (AvgIpc) is 2.95. The second-order valence-corrected chi connectivity index (χ2v) is 5.95. The minimum absolute atomic E-state index is 0.135. The first-order valence-electron chi connectivity index (χ1n) is 7.56. The summed E-state index contributed by atoms with van der Waals surface area (Å²) in [7, 11) is 1.37. The van der Waals surface area contributed by atoms with Gasteiger partial charge in [-0.25, -0.2) is 0 Å². The third kappa shape index (κ3) is 3.21. The summed E-state index contributed by atoms with van der Waals surface area (Å²) in [5.74, 6) is -0.862. The number of hydrogen-bond donors (Lipinski definition) is 1. The molecule has 124 valence electrons. The molecule has 0 aromatic heterocycles. The number of ether oxygens (including phenoxy) is 1. The number of nitrogens with zero attached hydrogens (tertiary/aromatic N) is 1. The molecule has 3 rings (SSSR count). The Bertz CT molecular complexity index is 778. The molecule has 5 nitrogen and oxygen atoms in total. The smallest absolute Gasteiger partial charge is 0.315 e. The molecule has 1 atom stereocenters. The molecule has 0 saturated carbocycles. The van der Waals surface area contributed by atoms with Crippen LogP contribution in [0.2, 0.25) is 5.02 Å². The van der Waals surface area contributed by atoms with Crippen molar-refractivity contribution in [3.63, 3.8) is 0 Å². The number of esters is 1. The molecule has 0 bridgehead atoms. The van der Waals surface area contributed by atoms with Gasteiger partial charge in [0, 0.05) is 12.2 Å². The summed E-state index contributed by atoms with van der Waals surface area (Å²) in [4.78, 5) is 26.2. The van der Waals surface area contributed by atoms with E-state index >= 15 is 0 Å². The Morgan fingerprint density at radius 2 is 1.92 bits per heavy atom. The Morgan fingerprint density at radius 3 is 2.67 bits per heavy atom. The number of methoxy groups -OCH3 is 1. The number of fused-ring (bicyclic) bond motifs is 1. The number of benzene rings is 2. The van der Waals surface area contributed by atoms with Crippen molar-refractivity contribution in [1.29, 1.82) is 0 Å². The quantitative estimate of drug-likeness (QED) is 0.866. The van der Waals surface area contributed by atoms with Crippen molar-refractivity contribution >= 4 is 34.9 Å². The molecule has 24 heavy (non-hydrogen) atoms. The van der Waals surface area contributed by atoms with Crippen LogP contribution in [0.1, 0.15) is 11.5 Å². The van der Waals surface area contributed by atoms with Crippen LogP contribution in [0.3, 0.4) is 0 Å². The van der Waals surface area contributed by atoms with Crippen LogP contribution >= 0.6 is 11.6 Å². The second-order valence-electron chi connectivity index (χ2n) is 5.54. The summed E-state index contributed by atoms with van der Waals surface area (Å²) in [5, 5.41) is 3.28. The van der Waals surface area contributed by atoms with Gasteiger partial charge in [0.05, 0.1) is 24.4 Å². The summed E-state index contributed by atoms with van der Waals surface area (Å²) in [5.41, 5.74) is 2.33. The van der Waals surface area contributed by atoms with Crippen molar-refractivity contribution in [3.05, 3.63) is 59.1 Å². The van der Waals surface area contributed by atoms with Gasteiger partial charge in [-0.05, 0) is 23.8 Å². The maximum Gasteiger partial charge on any atom is 0.315 e. The lowest BCUT2D eigenvalue weighted by atomic mass is 10.0. The molecule has 0 radical (unpaired) electrons. The summed E-state index contributed by atoms with van der Waals surface area (Å²) in [6.45, 7) is 0.553. The fourth-order valence-electron chi connectivity index (χ4n) is 2.91.